The summed E-state index contributed by atoms with van der Waals surface area (Å²) in [6, 6.07) is 15.9. The third-order valence-electron chi connectivity index (χ3n) is 4.78. The molecule has 0 aliphatic rings. The Morgan fingerprint density at radius 3 is 2.33 bits per heavy atom. The molecule has 0 bridgehead atoms. The summed E-state index contributed by atoms with van der Waals surface area (Å²) in [5, 5.41) is 4.43. The largest absolute Gasteiger partial charge is 0.493 e. The number of ether oxygens (including phenoxy) is 1. The van der Waals surface area contributed by atoms with Crippen LogP contribution in [0.25, 0.3) is 22.4 Å². The molecule has 154 valence electrons. The van der Waals surface area contributed by atoms with E-state index in [2.05, 4.69) is 49.9 Å². The monoisotopic (exact) mass is 419 g/mol. The Morgan fingerprint density at radius 1 is 1.03 bits per heavy atom. The molecule has 6 heteroatoms. The standard InChI is InChI=1S/C24H25N3O2S/c1-15(2)14-29-20-11-9-19(10-12-20)22-25-24-27(26-22)23(28)21(30-24)13-17-5-7-18(8-6-17)16(3)4/h5-13,15-16H,14H2,1-4H3/b21-13-. The summed E-state index contributed by atoms with van der Waals surface area (Å²) in [5.41, 5.74) is 3.00. The smallest absolute Gasteiger partial charge is 0.291 e. The minimum atomic E-state index is -0.140. The van der Waals surface area contributed by atoms with Gasteiger partial charge in [0.2, 0.25) is 4.96 Å². The van der Waals surface area contributed by atoms with Gasteiger partial charge in [-0.05, 0) is 53.3 Å². The van der Waals surface area contributed by atoms with Crippen LogP contribution < -0.4 is 14.8 Å². The molecule has 0 fully saturated rings. The maximum atomic E-state index is 12.8. The molecule has 5 nitrogen and oxygen atoms in total. The zero-order chi connectivity index (χ0) is 21.3. The SMILES string of the molecule is CC(C)COc1ccc(-c2nc3s/c(=C\c4ccc(C(C)C)cc4)c(=O)n3n2)cc1. The quantitative estimate of drug-likeness (QED) is 0.461. The summed E-state index contributed by atoms with van der Waals surface area (Å²) in [5.74, 6) is 2.32. The molecule has 2 aromatic heterocycles. The lowest BCUT2D eigenvalue weighted by atomic mass is 10.0. The third-order valence-corrected chi connectivity index (χ3v) is 5.74. The van der Waals surface area contributed by atoms with Crippen LogP contribution in [0.15, 0.2) is 53.3 Å². The zero-order valence-electron chi connectivity index (χ0n) is 17.6. The number of aromatic nitrogens is 3. The van der Waals surface area contributed by atoms with E-state index in [0.29, 0.717) is 33.8 Å². The Balaban J connectivity index is 1.60. The minimum Gasteiger partial charge on any atom is -0.493 e. The second kappa shape index (κ2) is 8.40. The van der Waals surface area contributed by atoms with E-state index in [1.807, 2.05) is 42.5 Å². The van der Waals surface area contributed by atoms with E-state index in [1.165, 1.54) is 21.4 Å². The average molecular weight is 420 g/mol. The number of hydrogen-bond acceptors (Lipinski definition) is 5. The van der Waals surface area contributed by atoms with Gasteiger partial charge in [0.05, 0.1) is 11.1 Å². The highest BCUT2D eigenvalue weighted by Crippen LogP contribution is 2.21. The molecule has 0 saturated heterocycles. The van der Waals surface area contributed by atoms with Crippen molar-refractivity contribution in [3.05, 3.63) is 74.5 Å². The Morgan fingerprint density at radius 2 is 1.73 bits per heavy atom. The van der Waals surface area contributed by atoms with Gasteiger partial charge in [-0.3, -0.25) is 4.79 Å². The first-order valence-electron chi connectivity index (χ1n) is 10.1. The maximum Gasteiger partial charge on any atom is 0.291 e. The predicted molar refractivity (Wildman–Crippen MR) is 122 cm³/mol. The van der Waals surface area contributed by atoms with E-state index >= 15 is 0 Å². The molecule has 0 radical (unpaired) electrons. The molecule has 4 rings (SSSR count). The third kappa shape index (κ3) is 4.28. The molecule has 30 heavy (non-hydrogen) atoms. The number of benzene rings is 2. The van der Waals surface area contributed by atoms with Crippen molar-refractivity contribution in [3.8, 4) is 17.1 Å². The molecule has 0 spiro atoms. The predicted octanol–water partition coefficient (Wildman–Crippen LogP) is 4.52. The molecule has 0 saturated carbocycles. The summed E-state index contributed by atoms with van der Waals surface area (Å²) in [4.78, 5) is 17.9. The summed E-state index contributed by atoms with van der Waals surface area (Å²) in [7, 11) is 0. The number of nitrogens with zero attached hydrogens (tertiary/aromatic N) is 3. The number of thiazole rings is 1. The average Bonchev–Trinajstić information content (AvgIpc) is 3.27. The Kier molecular flexibility index (Phi) is 5.68. The van der Waals surface area contributed by atoms with Crippen molar-refractivity contribution >= 4 is 22.4 Å². The van der Waals surface area contributed by atoms with Gasteiger partial charge in [0, 0.05) is 5.56 Å². The summed E-state index contributed by atoms with van der Waals surface area (Å²) >= 11 is 1.36. The van der Waals surface area contributed by atoms with Crippen molar-refractivity contribution in [3.63, 3.8) is 0 Å². The van der Waals surface area contributed by atoms with Crippen LogP contribution in [0.4, 0.5) is 0 Å². The Labute approximate surface area is 179 Å². The fourth-order valence-electron chi connectivity index (χ4n) is 3.05. The van der Waals surface area contributed by atoms with Gasteiger partial charge in [-0.2, -0.15) is 9.50 Å². The van der Waals surface area contributed by atoms with Crippen LogP contribution in [0.1, 0.15) is 44.7 Å². The van der Waals surface area contributed by atoms with Crippen molar-refractivity contribution in [2.45, 2.75) is 33.6 Å². The van der Waals surface area contributed by atoms with E-state index in [0.717, 1.165) is 16.9 Å². The van der Waals surface area contributed by atoms with E-state index in [1.54, 1.807) is 0 Å². The van der Waals surface area contributed by atoms with Gasteiger partial charge in [-0.1, -0.05) is 63.3 Å². The van der Waals surface area contributed by atoms with Crippen LogP contribution in [0.2, 0.25) is 0 Å². The van der Waals surface area contributed by atoms with Crippen molar-refractivity contribution in [1.29, 1.82) is 0 Å². The number of rotatable bonds is 6. The van der Waals surface area contributed by atoms with Gasteiger partial charge in [0.1, 0.15) is 5.75 Å². The van der Waals surface area contributed by atoms with Crippen LogP contribution in [-0.2, 0) is 0 Å². The second-order valence-electron chi connectivity index (χ2n) is 8.10. The summed E-state index contributed by atoms with van der Waals surface area (Å²) < 4.78 is 7.73. The Hall–Kier alpha value is -2.99. The van der Waals surface area contributed by atoms with Crippen LogP contribution >= 0.6 is 11.3 Å². The van der Waals surface area contributed by atoms with Crippen LogP contribution in [0.5, 0.6) is 5.75 Å². The molecule has 4 aromatic rings. The molecule has 2 heterocycles. The molecular formula is C24H25N3O2S. The van der Waals surface area contributed by atoms with Gasteiger partial charge in [-0.25, -0.2) is 0 Å². The Bertz CT molecular complexity index is 1250. The first-order chi connectivity index (χ1) is 14.4. The number of hydrogen-bond donors (Lipinski definition) is 0. The highest BCUT2D eigenvalue weighted by molar-refractivity contribution is 7.15. The van der Waals surface area contributed by atoms with Gasteiger partial charge < -0.3 is 4.74 Å². The topological polar surface area (TPSA) is 56.5 Å². The van der Waals surface area contributed by atoms with Gasteiger partial charge in [0.25, 0.3) is 5.56 Å². The van der Waals surface area contributed by atoms with Crippen molar-refractivity contribution in [2.24, 2.45) is 5.92 Å². The lowest BCUT2D eigenvalue weighted by molar-refractivity contribution is 0.271. The first-order valence-corrected chi connectivity index (χ1v) is 11.0. The van der Waals surface area contributed by atoms with Crippen LogP contribution in [0, 0.1) is 5.92 Å². The minimum absolute atomic E-state index is 0.140. The molecule has 0 amide bonds. The van der Waals surface area contributed by atoms with Gasteiger partial charge in [0.15, 0.2) is 5.82 Å². The molecule has 2 aromatic carbocycles. The molecular weight excluding hydrogens is 394 g/mol. The molecule has 0 aliphatic heterocycles. The van der Waals surface area contributed by atoms with E-state index in [4.69, 9.17) is 4.74 Å². The van der Waals surface area contributed by atoms with Gasteiger partial charge >= 0.3 is 0 Å². The fourth-order valence-corrected chi connectivity index (χ4v) is 3.96. The second-order valence-corrected chi connectivity index (χ2v) is 9.11. The lowest BCUT2D eigenvalue weighted by Crippen LogP contribution is -2.23. The van der Waals surface area contributed by atoms with E-state index in [9.17, 15) is 4.79 Å². The number of fused-ring (bicyclic) bond motifs is 1. The highest BCUT2D eigenvalue weighted by Gasteiger charge is 2.12. The highest BCUT2D eigenvalue weighted by atomic mass is 32.1. The maximum absolute atomic E-state index is 12.8. The van der Waals surface area contributed by atoms with Crippen molar-refractivity contribution in [2.75, 3.05) is 6.61 Å². The first kappa shape index (κ1) is 20.3. The molecule has 0 aliphatic carbocycles. The zero-order valence-corrected chi connectivity index (χ0v) is 18.4. The van der Waals surface area contributed by atoms with E-state index < -0.39 is 0 Å². The summed E-state index contributed by atoms with van der Waals surface area (Å²) in [6.07, 6.45) is 1.90. The van der Waals surface area contributed by atoms with Crippen molar-refractivity contribution in [1.82, 2.24) is 14.6 Å². The summed E-state index contributed by atoms with van der Waals surface area (Å²) in [6.45, 7) is 9.24. The normalized spacial score (nSPS) is 12.4. The van der Waals surface area contributed by atoms with Crippen LogP contribution in [0.3, 0.4) is 0 Å². The molecule has 0 N–H and O–H groups in total. The fraction of sp³-hybridized carbons (Fsp3) is 0.292. The lowest BCUT2D eigenvalue weighted by Gasteiger charge is -2.08. The molecule has 0 unspecified atom stereocenters. The van der Waals surface area contributed by atoms with Gasteiger partial charge in [-0.15, -0.1) is 5.10 Å². The van der Waals surface area contributed by atoms with Crippen molar-refractivity contribution < 1.29 is 4.74 Å². The molecule has 0 atom stereocenters. The van der Waals surface area contributed by atoms with Crippen LogP contribution in [-0.4, -0.2) is 21.2 Å². The van der Waals surface area contributed by atoms with E-state index in [-0.39, 0.29) is 5.56 Å².